The molecule has 2 heterocycles. The molecule has 0 bridgehead atoms. The van der Waals surface area contributed by atoms with E-state index in [2.05, 4.69) is 19.7 Å². The van der Waals surface area contributed by atoms with Crippen LogP contribution in [0.4, 0.5) is 10.6 Å². The molecule has 0 aliphatic heterocycles. The fourth-order valence-electron chi connectivity index (χ4n) is 3.01. The molecule has 0 saturated heterocycles. The van der Waals surface area contributed by atoms with Crippen molar-refractivity contribution >= 4 is 28.8 Å². The fourth-order valence-corrected chi connectivity index (χ4v) is 3.01. The molecular weight excluding hydrogens is 400 g/mol. The number of nitrogens with zero attached hydrogens (tertiary/aromatic N) is 4. The Morgan fingerprint density at radius 2 is 1.94 bits per heavy atom. The Kier molecular flexibility index (Phi) is 6.50. The molecule has 0 fully saturated rings. The molecular formula is C22H22N4O5. The maximum Gasteiger partial charge on any atom is 0.511 e. The van der Waals surface area contributed by atoms with Gasteiger partial charge < -0.3 is 19.1 Å². The zero-order chi connectivity index (χ0) is 22.5. The highest BCUT2D eigenvalue weighted by atomic mass is 16.8. The van der Waals surface area contributed by atoms with Crippen molar-refractivity contribution in [2.45, 2.75) is 40.0 Å². The molecule has 0 spiro atoms. The lowest BCUT2D eigenvalue weighted by molar-refractivity contribution is -0.0811. The van der Waals surface area contributed by atoms with Crippen molar-refractivity contribution in [1.29, 1.82) is 0 Å². The summed E-state index contributed by atoms with van der Waals surface area (Å²) in [6.07, 6.45) is -0.535. The van der Waals surface area contributed by atoms with Crippen LogP contribution >= 0.6 is 0 Å². The lowest BCUT2D eigenvalue weighted by Gasteiger charge is -2.13. The van der Waals surface area contributed by atoms with E-state index in [1.54, 1.807) is 17.7 Å². The van der Waals surface area contributed by atoms with Crippen LogP contribution in [0.2, 0.25) is 0 Å². The molecule has 1 unspecified atom stereocenters. The molecule has 9 heteroatoms. The molecule has 9 nitrogen and oxygen atoms in total. The molecule has 1 aromatic carbocycles. The van der Waals surface area contributed by atoms with Crippen molar-refractivity contribution in [3.8, 4) is 11.3 Å². The number of ether oxygens (including phenoxy) is 3. The normalized spacial score (nSPS) is 11.7. The molecule has 2 aromatic heterocycles. The molecule has 3 rings (SSSR count). The average molecular weight is 422 g/mol. The third-order valence-electron chi connectivity index (χ3n) is 4.37. The van der Waals surface area contributed by atoms with Gasteiger partial charge in [-0.25, -0.2) is 9.59 Å². The van der Waals surface area contributed by atoms with Gasteiger partial charge in [-0.1, -0.05) is 18.7 Å². The van der Waals surface area contributed by atoms with Crippen LogP contribution in [0, 0.1) is 6.57 Å². The number of hydrogen-bond acceptors (Lipinski definition) is 7. The molecule has 1 atom stereocenters. The van der Waals surface area contributed by atoms with Crippen molar-refractivity contribution < 1.29 is 23.8 Å². The smallest absolute Gasteiger partial charge is 0.435 e. The first-order valence-corrected chi connectivity index (χ1v) is 9.74. The van der Waals surface area contributed by atoms with Gasteiger partial charge in [0, 0.05) is 18.5 Å². The largest absolute Gasteiger partial charge is 0.511 e. The lowest BCUT2D eigenvalue weighted by Crippen LogP contribution is -2.22. The number of rotatable bonds is 6. The summed E-state index contributed by atoms with van der Waals surface area (Å²) >= 11 is 0. The number of esters is 1. The molecule has 0 saturated carbocycles. The van der Waals surface area contributed by atoms with Gasteiger partial charge >= 0.3 is 17.9 Å². The van der Waals surface area contributed by atoms with Gasteiger partial charge in [0.1, 0.15) is 0 Å². The van der Waals surface area contributed by atoms with E-state index in [-0.39, 0.29) is 18.2 Å². The second-order valence-corrected chi connectivity index (χ2v) is 6.91. The Morgan fingerprint density at radius 3 is 2.61 bits per heavy atom. The van der Waals surface area contributed by atoms with Crippen LogP contribution in [0.3, 0.4) is 0 Å². The Bertz CT molecular complexity index is 1160. The van der Waals surface area contributed by atoms with Crippen LogP contribution in [0.25, 0.3) is 27.0 Å². The van der Waals surface area contributed by atoms with Crippen molar-refractivity contribution in [3.63, 3.8) is 0 Å². The topological polar surface area (TPSA) is 96.9 Å². The third kappa shape index (κ3) is 4.80. The average Bonchev–Trinajstić information content (AvgIpc) is 3.12. The number of carbonyl (C=O) groups excluding carboxylic acids is 2. The third-order valence-corrected chi connectivity index (χ3v) is 4.37. The highest BCUT2D eigenvalue weighted by Gasteiger charge is 2.19. The minimum Gasteiger partial charge on any atom is -0.435 e. The predicted molar refractivity (Wildman–Crippen MR) is 113 cm³/mol. The molecule has 3 aromatic rings. The molecule has 0 amide bonds. The molecule has 0 radical (unpaired) electrons. The fraction of sp³-hybridized carbons (Fsp3) is 0.318. The van der Waals surface area contributed by atoms with Crippen LogP contribution in [0.5, 0.6) is 0 Å². The van der Waals surface area contributed by atoms with E-state index in [1.165, 1.54) is 19.2 Å². The van der Waals surface area contributed by atoms with Gasteiger partial charge in [-0.2, -0.15) is 4.68 Å². The molecule has 0 N–H and O–H groups in total. The first kappa shape index (κ1) is 21.8. The standard InChI is InChI=1S/C22H22N4O5/c1-6-29-22(28)31-14(4)30-21(27)16-9-10-24-18(12-16)15-7-8-19-17(11-15)20(23-5)25-26(19)13(2)3/h7-14H,6H2,1-4H3. The zero-order valence-electron chi connectivity index (χ0n) is 17.7. The summed E-state index contributed by atoms with van der Waals surface area (Å²) in [5, 5.41) is 5.09. The molecule has 160 valence electrons. The highest BCUT2D eigenvalue weighted by molar-refractivity contribution is 5.95. The van der Waals surface area contributed by atoms with E-state index >= 15 is 0 Å². The van der Waals surface area contributed by atoms with Crippen LogP contribution in [0.1, 0.15) is 44.1 Å². The summed E-state index contributed by atoms with van der Waals surface area (Å²) in [6, 6.07) is 8.76. The van der Waals surface area contributed by atoms with Crippen molar-refractivity contribution in [2.24, 2.45) is 0 Å². The summed E-state index contributed by atoms with van der Waals surface area (Å²) in [4.78, 5) is 31.6. The van der Waals surface area contributed by atoms with Gasteiger partial charge in [-0.3, -0.25) is 4.98 Å². The number of pyridine rings is 1. The summed E-state index contributed by atoms with van der Waals surface area (Å²) in [5.41, 5.74) is 2.35. The molecule has 0 aliphatic carbocycles. The van der Waals surface area contributed by atoms with E-state index in [0.717, 1.165) is 11.1 Å². The van der Waals surface area contributed by atoms with Gasteiger partial charge in [-0.05, 0) is 49.6 Å². The van der Waals surface area contributed by atoms with Crippen molar-refractivity contribution in [1.82, 2.24) is 14.8 Å². The number of hydrogen-bond donors (Lipinski definition) is 0. The maximum atomic E-state index is 12.4. The second kappa shape index (κ2) is 9.26. The SMILES string of the molecule is [C-]#[N+]c1nn(C(C)C)c2ccc(-c3cc(C(=O)OC(C)OC(=O)OCC)ccn3)cc12. The first-order valence-electron chi connectivity index (χ1n) is 9.74. The van der Waals surface area contributed by atoms with Crippen LogP contribution in [-0.4, -0.2) is 39.8 Å². The monoisotopic (exact) mass is 422 g/mol. The summed E-state index contributed by atoms with van der Waals surface area (Å²) in [7, 11) is 0. The Morgan fingerprint density at radius 1 is 1.16 bits per heavy atom. The number of carbonyl (C=O) groups is 2. The molecule has 0 aliphatic rings. The van der Waals surface area contributed by atoms with E-state index in [9.17, 15) is 9.59 Å². The van der Waals surface area contributed by atoms with Crippen molar-refractivity contribution in [3.05, 3.63) is 53.5 Å². The Labute approximate surface area is 179 Å². The van der Waals surface area contributed by atoms with Gasteiger partial charge in [0.2, 0.25) is 6.29 Å². The van der Waals surface area contributed by atoms with Gasteiger partial charge in [0.05, 0.1) is 29.4 Å². The van der Waals surface area contributed by atoms with Gasteiger partial charge in [-0.15, -0.1) is 0 Å². The van der Waals surface area contributed by atoms with E-state index in [1.807, 2.05) is 32.0 Å². The van der Waals surface area contributed by atoms with Crippen molar-refractivity contribution in [2.75, 3.05) is 6.61 Å². The van der Waals surface area contributed by atoms with E-state index < -0.39 is 18.4 Å². The quantitative estimate of drug-likeness (QED) is 0.316. The predicted octanol–water partition coefficient (Wildman–Crippen LogP) is 4.91. The van der Waals surface area contributed by atoms with Crippen LogP contribution < -0.4 is 0 Å². The lowest BCUT2D eigenvalue weighted by atomic mass is 10.1. The number of aromatic nitrogens is 3. The van der Waals surface area contributed by atoms with Crippen LogP contribution in [0.15, 0.2) is 36.5 Å². The second-order valence-electron chi connectivity index (χ2n) is 6.91. The Hall–Kier alpha value is -3.93. The van der Waals surface area contributed by atoms with E-state index in [4.69, 9.17) is 16.0 Å². The highest BCUT2D eigenvalue weighted by Crippen LogP contribution is 2.31. The number of benzene rings is 1. The zero-order valence-corrected chi connectivity index (χ0v) is 17.7. The Balaban J connectivity index is 1.86. The van der Waals surface area contributed by atoms with Crippen LogP contribution in [-0.2, 0) is 14.2 Å². The maximum absolute atomic E-state index is 12.4. The van der Waals surface area contributed by atoms with E-state index in [0.29, 0.717) is 16.9 Å². The van der Waals surface area contributed by atoms with Gasteiger partial charge in [0.25, 0.3) is 0 Å². The summed E-state index contributed by atoms with van der Waals surface area (Å²) in [6.45, 7) is 14.6. The molecule has 31 heavy (non-hydrogen) atoms. The summed E-state index contributed by atoms with van der Waals surface area (Å²) < 4.78 is 16.4. The van der Waals surface area contributed by atoms with Gasteiger partial charge in [0.15, 0.2) is 0 Å². The minimum absolute atomic E-state index is 0.110. The minimum atomic E-state index is -1.11. The first-order chi connectivity index (χ1) is 14.8. The summed E-state index contributed by atoms with van der Waals surface area (Å²) in [5.74, 6) is -0.359. The number of fused-ring (bicyclic) bond motifs is 1.